The van der Waals surface area contributed by atoms with E-state index >= 15 is 0 Å². The van der Waals surface area contributed by atoms with Crippen molar-refractivity contribution >= 4 is 10.9 Å². The molecule has 1 heterocycles. The standard InChI is InChI=1S/C9H9NO.2C2H6/c1-6-3-4-8-7(2)11-10-9(8)5-6;2*1-2/h3-5H,1-2H3;2*1-2H3. The van der Waals surface area contributed by atoms with Crippen molar-refractivity contribution in [1.82, 2.24) is 5.16 Å². The first kappa shape index (κ1) is 13.7. The third-order valence-corrected chi connectivity index (χ3v) is 1.81. The van der Waals surface area contributed by atoms with Crippen molar-refractivity contribution < 1.29 is 4.52 Å². The van der Waals surface area contributed by atoms with Crippen LogP contribution in [0.4, 0.5) is 0 Å². The van der Waals surface area contributed by atoms with E-state index < -0.39 is 0 Å². The van der Waals surface area contributed by atoms with E-state index in [0.717, 1.165) is 16.7 Å². The van der Waals surface area contributed by atoms with Crippen molar-refractivity contribution in [3.63, 3.8) is 0 Å². The summed E-state index contributed by atoms with van der Waals surface area (Å²) in [5, 5.41) is 5.01. The van der Waals surface area contributed by atoms with Gasteiger partial charge in [-0.25, -0.2) is 0 Å². The van der Waals surface area contributed by atoms with Gasteiger partial charge in [0.25, 0.3) is 0 Å². The molecule has 1 aromatic carbocycles. The van der Waals surface area contributed by atoms with Crippen molar-refractivity contribution in [2.24, 2.45) is 0 Å². The van der Waals surface area contributed by atoms with Crippen molar-refractivity contribution in [3.05, 3.63) is 29.5 Å². The molecule has 0 amide bonds. The smallest absolute Gasteiger partial charge is 0.141 e. The third-order valence-electron chi connectivity index (χ3n) is 1.81. The Kier molecular flexibility index (Phi) is 6.43. The topological polar surface area (TPSA) is 26.0 Å². The highest BCUT2D eigenvalue weighted by Gasteiger charge is 2.01. The van der Waals surface area contributed by atoms with Crippen molar-refractivity contribution in [2.45, 2.75) is 41.5 Å². The number of nitrogens with zero attached hydrogens (tertiary/aromatic N) is 1. The number of fused-ring (bicyclic) bond motifs is 1. The highest BCUT2D eigenvalue weighted by atomic mass is 16.5. The van der Waals surface area contributed by atoms with Gasteiger partial charge in [-0.15, -0.1) is 0 Å². The van der Waals surface area contributed by atoms with Crippen molar-refractivity contribution in [1.29, 1.82) is 0 Å². The minimum Gasteiger partial charge on any atom is -0.360 e. The second-order valence-corrected chi connectivity index (χ2v) is 2.76. The Hall–Kier alpha value is -1.31. The van der Waals surface area contributed by atoms with Gasteiger partial charge in [-0.2, -0.15) is 0 Å². The first-order valence-electron chi connectivity index (χ1n) is 5.60. The first-order valence-corrected chi connectivity index (χ1v) is 5.60. The zero-order chi connectivity index (χ0) is 11.8. The van der Waals surface area contributed by atoms with E-state index in [1.54, 1.807) is 0 Å². The Morgan fingerprint density at radius 2 is 1.60 bits per heavy atom. The van der Waals surface area contributed by atoms with Crippen LogP contribution in [0.3, 0.4) is 0 Å². The lowest BCUT2D eigenvalue weighted by Gasteiger charge is -1.88. The van der Waals surface area contributed by atoms with Crippen LogP contribution in [0.2, 0.25) is 0 Å². The predicted molar refractivity (Wildman–Crippen MR) is 66.2 cm³/mol. The predicted octanol–water partition coefficient (Wildman–Crippen LogP) is 4.50. The van der Waals surface area contributed by atoms with Crippen LogP contribution in [0.5, 0.6) is 0 Å². The second-order valence-electron chi connectivity index (χ2n) is 2.76. The maximum atomic E-state index is 5.02. The van der Waals surface area contributed by atoms with Crippen LogP contribution in [0, 0.1) is 13.8 Å². The molecule has 0 fully saturated rings. The Balaban J connectivity index is 0.000000442. The highest BCUT2D eigenvalue weighted by molar-refractivity contribution is 5.80. The van der Waals surface area contributed by atoms with E-state index in [1.807, 2.05) is 53.7 Å². The van der Waals surface area contributed by atoms with E-state index in [-0.39, 0.29) is 0 Å². The summed E-state index contributed by atoms with van der Waals surface area (Å²) in [5.74, 6) is 0.889. The number of benzene rings is 1. The average Bonchev–Trinajstić information content (AvgIpc) is 2.65. The molecule has 2 nitrogen and oxygen atoms in total. The largest absolute Gasteiger partial charge is 0.360 e. The fraction of sp³-hybridized carbons (Fsp3) is 0.462. The molecule has 0 aliphatic rings. The van der Waals surface area contributed by atoms with Crippen LogP contribution in [0.1, 0.15) is 39.0 Å². The fourth-order valence-corrected chi connectivity index (χ4v) is 1.18. The molecule has 0 unspecified atom stereocenters. The number of aryl methyl sites for hydroxylation is 2. The molecule has 0 atom stereocenters. The molecule has 0 saturated heterocycles. The highest BCUT2D eigenvalue weighted by Crippen LogP contribution is 2.17. The summed E-state index contributed by atoms with van der Waals surface area (Å²) in [6, 6.07) is 6.12. The quantitative estimate of drug-likeness (QED) is 0.635. The number of rotatable bonds is 0. The molecular formula is C13H21NO. The third kappa shape index (κ3) is 3.39. The molecule has 0 aliphatic heterocycles. The van der Waals surface area contributed by atoms with Gasteiger partial charge in [0.05, 0.1) is 0 Å². The molecule has 0 N–H and O–H groups in total. The summed E-state index contributed by atoms with van der Waals surface area (Å²) in [5.41, 5.74) is 2.16. The van der Waals surface area contributed by atoms with Crippen molar-refractivity contribution in [2.75, 3.05) is 0 Å². The Bertz CT molecular complexity index is 390. The minimum absolute atomic E-state index is 0.889. The minimum atomic E-state index is 0.889. The zero-order valence-electron chi connectivity index (χ0n) is 10.6. The van der Waals surface area contributed by atoms with E-state index in [4.69, 9.17) is 4.52 Å². The molecule has 2 heteroatoms. The van der Waals surface area contributed by atoms with Gasteiger partial charge in [0.2, 0.25) is 0 Å². The molecule has 84 valence electrons. The monoisotopic (exact) mass is 207 g/mol. The fourth-order valence-electron chi connectivity index (χ4n) is 1.18. The van der Waals surface area contributed by atoms with Crippen molar-refractivity contribution in [3.8, 4) is 0 Å². The lowest BCUT2D eigenvalue weighted by Crippen LogP contribution is -1.71. The molecule has 0 radical (unpaired) electrons. The summed E-state index contributed by atoms with van der Waals surface area (Å²) in [6.07, 6.45) is 0. The van der Waals surface area contributed by atoms with Gasteiger partial charge in [0, 0.05) is 5.39 Å². The number of aromatic nitrogens is 1. The van der Waals surface area contributed by atoms with E-state index in [0.29, 0.717) is 0 Å². The summed E-state index contributed by atoms with van der Waals surface area (Å²) in [4.78, 5) is 0. The van der Waals surface area contributed by atoms with Crippen LogP contribution in [0.15, 0.2) is 22.7 Å². The molecule has 2 rings (SSSR count). The molecule has 0 saturated carbocycles. The molecule has 0 bridgehead atoms. The number of hydrogen-bond acceptors (Lipinski definition) is 2. The molecular weight excluding hydrogens is 186 g/mol. The van der Waals surface area contributed by atoms with E-state index in [2.05, 4.69) is 11.2 Å². The normalized spacial score (nSPS) is 8.67. The van der Waals surface area contributed by atoms with Crippen LogP contribution in [-0.4, -0.2) is 5.16 Å². The first-order chi connectivity index (χ1) is 7.27. The SMILES string of the molecule is CC.CC.Cc1ccc2c(C)onc2c1. The van der Waals surface area contributed by atoms with Crippen LogP contribution < -0.4 is 0 Å². The van der Waals surface area contributed by atoms with Gasteiger partial charge in [-0.1, -0.05) is 38.9 Å². The van der Waals surface area contributed by atoms with E-state index in [1.165, 1.54) is 5.56 Å². The summed E-state index contributed by atoms with van der Waals surface area (Å²) < 4.78 is 5.02. The van der Waals surface area contributed by atoms with Gasteiger partial charge in [-0.3, -0.25) is 0 Å². The van der Waals surface area contributed by atoms with Gasteiger partial charge in [-0.05, 0) is 31.5 Å². The summed E-state index contributed by atoms with van der Waals surface area (Å²) in [6.45, 7) is 12.0. The summed E-state index contributed by atoms with van der Waals surface area (Å²) in [7, 11) is 0. The molecule has 0 spiro atoms. The second kappa shape index (κ2) is 7.04. The molecule has 1 aromatic heterocycles. The van der Waals surface area contributed by atoms with E-state index in [9.17, 15) is 0 Å². The average molecular weight is 207 g/mol. The Morgan fingerprint density at radius 3 is 2.20 bits per heavy atom. The lowest BCUT2D eigenvalue weighted by atomic mass is 10.1. The Morgan fingerprint density at radius 1 is 1.00 bits per heavy atom. The van der Waals surface area contributed by atoms with Gasteiger partial charge < -0.3 is 4.52 Å². The van der Waals surface area contributed by atoms with Crippen LogP contribution in [0.25, 0.3) is 10.9 Å². The van der Waals surface area contributed by atoms with Gasteiger partial charge in [0.1, 0.15) is 11.3 Å². The molecule has 15 heavy (non-hydrogen) atoms. The van der Waals surface area contributed by atoms with Crippen LogP contribution in [-0.2, 0) is 0 Å². The van der Waals surface area contributed by atoms with Crippen LogP contribution >= 0.6 is 0 Å². The Labute approximate surface area is 92.3 Å². The van der Waals surface area contributed by atoms with Gasteiger partial charge >= 0.3 is 0 Å². The summed E-state index contributed by atoms with van der Waals surface area (Å²) >= 11 is 0. The lowest BCUT2D eigenvalue weighted by molar-refractivity contribution is 0.405. The van der Waals surface area contributed by atoms with Gasteiger partial charge in [0.15, 0.2) is 0 Å². The molecule has 2 aromatic rings. The maximum absolute atomic E-state index is 5.02. The number of hydrogen-bond donors (Lipinski definition) is 0. The zero-order valence-corrected chi connectivity index (χ0v) is 10.6. The maximum Gasteiger partial charge on any atom is 0.141 e. The molecule has 0 aliphatic carbocycles.